The van der Waals surface area contributed by atoms with Gasteiger partial charge in [-0.1, -0.05) is 0 Å². The van der Waals surface area contributed by atoms with Gasteiger partial charge in [0, 0.05) is 14.2 Å². The molecule has 0 aromatic carbocycles. The minimum atomic E-state index is 0.293. The lowest BCUT2D eigenvalue weighted by atomic mass is 10.2. The molecule has 0 saturated carbocycles. The molecule has 1 unspecified atom stereocenters. The summed E-state index contributed by atoms with van der Waals surface area (Å²) in [4.78, 5) is 7.17. The van der Waals surface area contributed by atoms with Crippen molar-refractivity contribution in [3.63, 3.8) is 0 Å². The van der Waals surface area contributed by atoms with Crippen LogP contribution in [0.1, 0.15) is 28.4 Å². The highest BCUT2D eigenvalue weighted by Crippen LogP contribution is 2.26. The van der Waals surface area contributed by atoms with Crippen LogP contribution in [0.25, 0.3) is 0 Å². The molecule has 17 heavy (non-hydrogen) atoms. The van der Waals surface area contributed by atoms with E-state index in [4.69, 9.17) is 0 Å². The van der Waals surface area contributed by atoms with Gasteiger partial charge >= 0.3 is 0 Å². The fraction of sp³-hybridized carbons (Fsp3) is 0.308. The molecule has 0 aliphatic rings. The number of halogens is 1. The lowest BCUT2D eigenvalue weighted by Crippen LogP contribution is -2.06. The molecule has 1 N–H and O–H groups in total. The minimum absolute atomic E-state index is 0.293. The normalized spacial score (nSPS) is 12.5. The summed E-state index contributed by atoms with van der Waals surface area (Å²) in [6.45, 7) is 6.28. The molecule has 0 amide bonds. The van der Waals surface area contributed by atoms with E-state index < -0.39 is 0 Å². The number of hydrogen-bond donors (Lipinski definition) is 1. The summed E-state index contributed by atoms with van der Waals surface area (Å²) in [7, 11) is 0. The fourth-order valence-corrected chi connectivity index (χ4v) is 2.70. The maximum absolute atomic E-state index is 4.49. The average Bonchev–Trinajstić information content (AvgIpc) is 2.70. The maximum atomic E-state index is 4.49. The third-order valence-electron chi connectivity index (χ3n) is 2.57. The van der Waals surface area contributed by atoms with E-state index >= 15 is 0 Å². The molecule has 0 aliphatic carbocycles. The van der Waals surface area contributed by atoms with Gasteiger partial charge in [0.1, 0.15) is 5.82 Å². The van der Waals surface area contributed by atoms with Crippen molar-refractivity contribution >= 4 is 33.1 Å². The molecule has 0 aliphatic heterocycles. The molecule has 0 spiro atoms. The molecular formula is C13H15BrN2S. The quantitative estimate of drug-likeness (QED) is 0.889. The van der Waals surface area contributed by atoms with Crippen molar-refractivity contribution in [1.29, 1.82) is 0 Å². The van der Waals surface area contributed by atoms with Crippen molar-refractivity contribution in [2.75, 3.05) is 5.32 Å². The minimum Gasteiger partial charge on any atom is -0.363 e. The highest BCUT2D eigenvalue weighted by molar-refractivity contribution is 9.10. The van der Waals surface area contributed by atoms with Crippen LogP contribution in [-0.4, -0.2) is 4.98 Å². The first-order chi connectivity index (χ1) is 8.06. The van der Waals surface area contributed by atoms with Crippen molar-refractivity contribution in [2.24, 2.45) is 0 Å². The maximum Gasteiger partial charge on any atom is 0.126 e. The van der Waals surface area contributed by atoms with Gasteiger partial charge in [-0.2, -0.15) is 0 Å². The Morgan fingerprint density at radius 2 is 2.00 bits per heavy atom. The SMILES string of the molecule is Cc1ccc(C(C)Nc2ccc(Br)c(C)n2)s1. The van der Waals surface area contributed by atoms with Crippen LogP contribution < -0.4 is 5.32 Å². The largest absolute Gasteiger partial charge is 0.363 e. The zero-order chi connectivity index (χ0) is 12.4. The monoisotopic (exact) mass is 310 g/mol. The predicted molar refractivity (Wildman–Crippen MR) is 77.8 cm³/mol. The van der Waals surface area contributed by atoms with E-state index in [1.54, 1.807) is 0 Å². The molecule has 2 nitrogen and oxygen atoms in total. The van der Waals surface area contributed by atoms with E-state index in [0.29, 0.717) is 6.04 Å². The van der Waals surface area contributed by atoms with Crippen molar-refractivity contribution in [3.05, 3.63) is 44.2 Å². The van der Waals surface area contributed by atoms with Gasteiger partial charge in [0.2, 0.25) is 0 Å². The van der Waals surface area contributed by atoms with Crippen molar-refractivity contribution in [1.82, 2.24) is 4.98 Å². The molecule has 1 atom stereocenters. The Labute approximate surface area is 114 Å². The topological polar surface area (TPSA) is 24.9 Å². The zero-order valence-corrected chi connectivity index (χ0v) is 12.5. The second-order valence-corrected chi connectivity index (χ2v) is 6.25. The van der Waals surface area contributed by atoms with Gasteiger partial charge in [0.15, 0.2) is 0 Å². The molecule has 0 bridgehead atoms. The molecule has 2 aromatic rings. The van der Waals surface area contributed by atoms with Crippen molar-refractivity contribution in [3.8, 4) is 0 Å². The van der Waals surface area contributed by atoms with E-state index in [2.05, 4.69) is 52.2 Å². The highest BCUT2D eigenvalue weighted by Gasteiger charge is 2.08. The third kappa shape index (κ3) is 3.07. The number of nitrogens with one attached hydrogen (secondary N) is 1. The molecule has 0 radical (unpaired) electrons. The number of hydrogen-bond acceptors (Lipinski definition) is 3. The molecule has 2 rings (SSSR count). The number of aryl methyl sites for hydroxylation is 2. The first-order valence-electron chi connectivity index (χ1n) is 5.52. The smallest absolute Gasteiger partial charge is 0.126 e. The lowest BCUT2D eigenvalue weighted by Gasteiger charge is -2.13. The number of thiophene rings is 1. The van der Waals surface area contributed by atoms with Crippen molar-refractivity contribution in [2.45, 2.75) is 26.8 Å². The molecule has 4 heteroatoms. The average molecular weight is 311 g/mol. The van der Waals surface area contributed by atoms with E-state index in [0.717, 1.165) is 16.0 Å². The first-order valence-corrected chi connectivity index (χ1v) is 7.13. The Bertz CT molecular complexity index is 522. The standard InChI is InChI=1S/C13H15BrN2S/c1-8-4-6-12(17-8)10(3)16-13-7-5-11(14)9(2)15-13/h4-7,10H,1-3H3,(H,15,16). The Balaban J connectivity index is 2.12. The van der Waals surface area contributed by atoms with E-state index in [9.17, 15) is 0 Å². The third-order valence-corrected chi connectivity index (χ3v) is 4.60. The fourth-order valence-electron chi connectivity index (χ4n) is 1.60. The zero-order valence-electron chi connectivity index (χ0n) is 10.1. The molecule has 0 saturated heterocycles. The Morgan fingerprint density at radius 3 is 2.59 bits per heavy atom. The first kappa shape index (κ1) is 12.6. The van der Waals surface area contributed by atoms with Gasteiger partial charge in [0.05, 0.1) is 11.7 Å². The number of anilines is 1. The van der Waals surface area contributed by atoms with Gasteiger partial charge in [-0.15, -0.1) is 11.3 Å². The van der Waals surface area contributed by atoms with Gasteiger partial charge in [-0.05, 0) is 61.0 Å². The Hall–Kier alpha value is -0.870. The summed E-state index contributed by atoms with van der Waals surface area (Å²) >= 11 is 5.28. The van der Waals surface area contributed by atoms with Crippen LogP contribution in [0.4, 0.5) is 5.82 Å². The van der Waals surface area contributed by atoms with Gasteiger partial charge in [-0.25, -0.2) is 4.98 Å². The van der Waals surface area contributed by atoms with Crippen LogP contribution in [0.5, 0.6) is 0 Å². The number of nitrogens with zero attached hydrogens (tertiary/aromatic N) is 1. The van der Waals surface area contributed by atoms with E-state index in [1.165, 1.54) is 9.75 Å². The number of aromatic nitrogens is 1. The second-order valence-electron chi connectivity index (χ2n) is 4.08. The summed E-state index contributed by atoms with van der Waals surface area (Å²) in [6, 6.07) is 8.63. The highest BCUT2D eigenvalue weighted by atomic mass is 79.9. The number of rotatable bonds is 3. The van der Waals surface area contributed by atoms with Crippen LogP contribution in [0.15, 0.2) is 28.7 Å². The number of pyridine rings is 1. The second kappa shape index (κ2) is 5.19. The Kier molecular flexibility index (Phi) is 3.84. The van der Waals surface area contributed by atoms with Crippen LogP contribution in [0.3, 0.4) is 0 Å². The summed E-state index contributed by atoms with van der Waals surface area (Å²) < 4.78 is 1.04. The Morgan fingerprint density at radius 1 is 1.24 bits per heavy atom. The molecule has 2 heterocycles. The van der Waals surface area contributed by atoms with Crippen LogP contribution in [0, 0.1) is 13.8 Å². The van der Waals surface area contributed by atoms with Gasteiger partial charge < -0.3 is 5.32 Å². The molecule has 2 aromatic heterocycles. The summed E-state index contributed by atoms with van der Waals surface area (Å²) in [5.41, 5.74) is 1.00. The van der Waals surface area contributed by atoms with Crippen LogP contribution >= 0.6 is 27.3 Å². The van der Waals surface area contributed by atoms with Gasteiger partial charge in [-0.3, -0.25) is 0 Å². The molecule has 90 valence electrons. The van der Waals surface area contributed by atoms with E-state index in [1.807, 2.05) is 30.4 Å². The van der Waals surface area contributed by atoms with Crippen molar-refractivity contribution < 1.29 is 0 Å². The summed E-state index contributed by atoms with van der Waals surface area (Å²) in [5, 5.41) is 3.42. The van der Waals surface area contributed by atoms with Crippen LogP contribution in [-0.2, 0) is 0 Å². The van der Waals surface area contributed by atoms with Gasteiger partial charge in [0.25, 0.3) is 0 Å². The molecular weight excluding hydrogens is 296 g/mol. The molecule has 0 fully saturated rings. The van der Waals surface area contributed by atoms with Crippen LogP contribution in [0.2, 0.25) is 0 Å². The predicted octanol–water partition coefficient (Wildman–Crippen LogP) is 4.70. The summed E-state index contributed by atoms with van der Waals surface area (Å²) in [6.07, 6.45) is 0. The van der Waals surface area contributed by atoms with E-state index in [-0.39, 0.29) is 0 Å². The summed E-state index contributed by atoms with van der Waals surface area (Å²) in [5.74, 6) is 0.921. The lowest BCUT2D eigenvalue weighted by molar-refractivity contribution is 0.893.